The maximum atomic E-state index is 10.4. The lowest BCUT2D eigenvalue weighted by molar-refractivity contribution is 0.0945. The van der Waals surface area contributed by atoms with Crippen molar-refractivity contribution in [3.63, 3.8) is 0 Å². The second-order valence-corrected chi connectivity index (χ2v) is 2.80. The van der Waals surface area contributed by atoms with Crippen LogP contribution in [0.3, 0.4) is 0 Å². The van der Waals surface area contributed by atoms with Crippen LogP contribution in [0.25, 0.3) is 0 Å². The molecule has 1 rings (SSSR count). The Morgan fingerprint density at radius 1 is 1.67 bits per heavy atom. The first kappa shape index (κ1) is 9.06. The molecule has 0 aliphatic heterocycles. The van der Waals surface area contributed by atoms with E-state index in [0.29, 0.717) is 6.61 Å². The lowest BCUT2D eigenvalue weighted by Gasteiger charge is -2.11. The minimum absolute atomic E-state index is 0.298. The van der Waals surface area contributed by atoms with Crippen LogP contribution in [0.1, 0.15) is 25.7 Å². The van der Waals surface area contributed by atoms with Gasteiger partial charge in [0.1, 0.15) is 6.61 Å². The number of rotatable bonds is 2. The van der Waals surface area contributed by atoms with Crippen molar-refractivity contribution in [2.75, 3.05) is 6.61 Å². The molecular formula is C8H13NO3. The van der Waals surface area contributed by atoms with Crippen molar-refractivity contribution in [1.29, 1.82) is 0 Å². The van der Waals surface area contributed by atoms with Gasteiger partial charge < -0.3 is 4.74 Å². The monoisotopic (exact) mass is 171 g/mol. The molecule has 2 N–H and O–H groups in total. The van der Waals surface area contributed by atoms with Gasteiger partial charge in [0, 0.05) is 0 Å². The van der Waals surface area contributed by atoms with Crippen LogP contribution >= 0.6 is 0 Å². The van der Waals surface area contributed by atoms with Crippen LogP contribution in [0.15, 0.2) is 11.6 Å². The molecule has 0 heterocycles. The quantitative estimate of drug-likeness (QED) is 0.377. The molecule has 0 aromatic rings. The molecule has 68 valence electrons. The van der Waals surface area contributed by atoms with Gasteiger partial charge in [0.05, 0.1) is 0 Å². The topological polar surface area (TPSA) is 58.6 Å². The predicted molar refractivity (Wildman–Crippen MR) is 42.8 cm³/mol. The van der Waals surface area contributed by atoms with E-state index in [1.165, 1.54) is 11.9 Å². The van der Waals surface area contributed by atoms with Crippen molar-refractivity contribution in [2.24, 2.45) is 0 Å². The summed E-state index contributed by atoms with van der Waals surface area (Å²) in [6, 6.07) is 0. The van der Waals surface area contributed by atoms with Gasteiger partial charge >= 0.3 is 6.09 Å². The number of hydrogen-bond donors (Lipinski definition) is 2. The summed E-state index contributed by atoms with van der Waals surface area (Å²) >= 11 is 0. The number of carbonyl (C=O) groups excluding carboxylic acids is 1. The maximum Gasteiger partial charge on any atom is 0.431 e. The Morgan fingerprint density at radius 2 is 2.50 bits per heavy atom. The van der Waals surface area contributed by atoms with E-state index in [-0.39, 0.29) is 0 Å². The molecule has 0 fully saturated rings. The van der Waals surface area contributed by atoms with Crippen molar-refractivity contribution in [3.8, 4) is 0 Å². The van der Waals surface area contributed by atoms with Crippen molar-refractivity contribution in [2.45, 2.75) is 25.7 Å². The Hall–Kier alpha value is -1.03. The van der Waals surface area contributed by atoms with E-state index in [1.807, 2.05) is 0 Å². The summed E-state index contributed by atoms with van der Waals surface area (Å²) in [4.78, 5) is 10.4. The highest BCUT2D eigenvalue weighted by atomic mass is 16.6. The first-order chi connectivity index (χ1) is 5.83. The van der Waals surface area contributed by atoms with Crippen LogP contribution in [-0.2, 0) is 4.74 Å². The van der Waals surface area contributed by atoms with E-state index in [0.717, 1.165) is 24.8 Å². The van der Waals surface area contributed by atoms with Crippen molar-refractivity contribution < 1.29 is 14.7 Å². The summed E-state index contributed by atoms with van der Waals surface area (Å²) in [5, 5.41) is 8.12. The Kier molecular flexibility index (Phi) is 3.60. The first-order valence-electron chi connectivity index (χ1n) is 4.07. The van der Waals surface area contributed by atoms with Gasteiger partial charge in [0.15, 0.2) is 0 Å². The van der Waals surface area contributed by atoms with Crippen LogP contribution in [-0.4, -0.2) is 17.9 Å². The molecule has 4 heteroatoms. The fraction of sp³-hybridized carbons (Fsp3) is 0.625. The lowest BCUT2D eigenvalue weighted by atomic mass is 10.0. The van der Waals surface area contributed by atoms with Crippen molar-refractivity contribution >= 4 is 6.09 Å². The van der Waals surface area contributed by atoms with Gasteiger partial charge in [-0.15, -0.1) is 0 Å². The number of hydrogen-bond acceptors (Lipinski definition) is 3. The van der Waals surface area contributed by atoms with Gasteiger partial charge in [-0.05, 0) is 31.3 Å². The van der Waals surface area contributed by atoms with Gasteiger partial charge in [-0.1, -0.05) is 6.08 Å². The first-order valence-corrected chi connectivity index (χ1v) is 4.07. The van der Waals surface area contributed by atoms with Gasteiger partial charge in [0.2, 0.25) is 0 Å². The van der Waals surface area contributed by atoms with Crippen LogP contribution in [0.4, 0.5) is 4.79 Å². The van der Waals surface area contributed by atoms with Gasteiger partial charge in [-0.3, -0.25) is 5.21 Å². The fourth-order valence-corrected chi connectivity index (χ4v) is 1.23. The molecule has 1 aliphatic carbocycles. The smallest absolute Gasteiger partial charge is 0.431 e. The summed E-state index contributed by atoms with van der Waals surface area (Å²) in [5.41, 5.74) is 2.56. The van der Waals surface area contributed by atoms with Crippen LogP contribution in [0.2, 0.25) is 0 Å². The maximum absolute atomic E-state index is 10.4. The SMILES string of the molecule is O=C(NO)OCC1=CCCCC1. The second-order valence-electron chi connectivity index (χ2n) is 2.80. The molecule has 0 atom stereocenters. The molecule has 4 nitrogen and oxygen atoms in total. The zero-order valence-corrected chi connectivity index (χ0v) is 6.88. The highest BCUT2D eigenvalue weighted by Gasteiger charge is 2.05. The largest absolute Gasteiger partial charge is 0.444 e. The Balaban J connectivity index is 2.21. The number of nitrogens with one attached hydrogen (secondary N) is 1. The second kappa shape index (κ2) is 4.77. The zero-order chi connectivity index (χ0) is 8.81. The number of ether oxygens (including phenoxy) is 1. The molecule has 1 aliphatic rings. The molecule has 0 saturated heterocycles. The van der Waals surface area contributed by atoms with Gasteiger partial charge in [0.25, 0.3) is 0 Å². The summed E-state index contributed by atoms with van der Waals surface area (Å²) in [6.45, 7) is 0.298. The fourth-order valence-electron chi connectivity index (χ4n) is 1.23. The summed E-state index contributed by atoms with van der Waals surface area (Å²) in [6.07, 6.45) is 5.75. The molecule has 0 bridgehead atoms. The minimum atomic E-state index is -0.790. The van der Waals surface area contributed by atoms with Crippen molar-refractivity contribution in [1.82, 2.24) is 5.48 Å². The molecule has 0 saturated carbocycles. The van der Waals surface area contributed by atoms with Gasteiger partial charge in [-0.2, -0.15) is 0 Å². The molecule has 0 spiro atoms. The standard InChI is InChI=1S/C8H13NO3/c10-8(9-11)12-6-7-4-2-1-3-5-7/h4,11H,1-3,5-6H2,(H,9,10). The third-order valence-electron chi connectivity index (χ3n) is 1.86. The van der Waals surface area contributed by atoms with Crippen LogP contribution in [0, 0.1) is 0 Å². The third-order valence-corrected chi connectivity index (χ3v) is 1.86. The van der Waals surface area contributed by atoms with E-state index in [4.69, 9.17) is 5.21 Å². The number of amides is 1. The predicted octanol–water partition coefficient (Wildman–Crippen LogP) is 1.60. The van der Waals surface area contributed by atoms with E-state index in [9.17, 15) is 4.79 Å². The Morgan fingerprint density at radius 3 is 3.08 bits per heavy atom. The molecule has 0 aromatic carbocycles. The number of carbonyl (C=O) groups is 1. The number of allylic oxidation sites excluding steroid dienone is 1. The average molecular weight is 171 g/mol. The number of hydroxylamine groups is 1. The van der Waals surface area contributed by atoms with E-state index in [2.05, 4.69) is 10.8 Å². The molecule has 1 amide bonds. The lowest BCUT2D eigenvalue weighted by Crippen LogP contribution is -2.21. The normalized spacial score (nSPS) is 16.6. The highest BCUT2D eigenvalue weighted by Crippen LogP contribution is 2.17. The summed E-state index contributed by atoms with van der Waals surface area (Å²) in [7, 11) is 0. The highest BCUT2D eigenvalue weighted by molar-refractivity contribution is 5.65. The zero-order valence-electron chi connectivity index (χ0n) is 6.88. The van der Waals surface area contributed by atoms with E-state index >= 15 is 0 Å². The Labute approximate surface area is 71.2 Å². The molecule has 0 radical (unpaired) electrons. The van der Waals surface area contributed by atoms with Crippen molar-refractivity contribution in [3.05, 3.63) is 11.6 Å². The van der Waals surface area contributed by atoms with Gasteiger partial charge in [-0.25, -0.2) is 10.3 Å². The minimum Gasteiger partial charge on any atom is -0.444 e. The molecule has 0 unspecified atom stereocenters. The third kappa shape index (κ3) is 2.92. The average Bonchev–Trinajstić information content (AvgIpc) is 2.16. The molecule has 0 aromatic heterocycles. The summed E-state index contributed by atoms with van der Waals surface area (Å²) < 4.78 is 4.66. The van der Waals surface area contributed by atoms with E-state index < -0.39 is 6.09 Å². The summed E-state index contributed by atoms with van der Waals surface area (Å²) in [5.74, 6) is 0. The van der Waals surface area contributed by atoms with Crippen LogP contribution < -0.4 is 5.48 Å². The Bertz CT molecular complexity index is 189. The van der Waals surface area contributed by atoms with E-state index in [1.54, 1.807) is 0 Å². The van der Waals surface area contributed by atoms with Crippen LogP contribution in [0.5, 0.6) is 0 Å². The molecular weight excluding hydrogens is 158 g/mol. The molecule has 12 heavy (non-hydrogen) atoms.